The van der Waals surface area contributed by atoms with Crippen molar-refractivity contribution in [3.63, 3.8) is 0 Å². The van der Waals surface area contributed by atoms with Gasteiger partial charge in [0, 0.05) is 57.8 Å². The molecule has 2 fully saturated rings. The van der Waals surface area contributed by atoms with Crippen LogP contribution in [-0.4, -0.2) is 68.4 Å². The van der Waals surface area contributed by atoms with Gasteiger partial charge in [-0.3, -0.25) is 4.79 Å². The van der Waals surface area contributed by atoms with Gasteiger partial charge >= 0.3 is 0 Å². The largest absolute Gasteiger partial charge is 0.385 e. The minimum absolute atomic E-state index is 0. The Morgan fingerprint density at radius 1 is 1.27 bits per heavy atom. The molecule has 1 amide bonds. The molecular formula is C18H37Cl2N3O3. The van der Waals surface area contributed by atoms with Gasteiger partial charge in [0.2, 0.25) is 5.91 Å². The van der Waals surface area contributed by atoms with E-state index < -0.39 is 5.54 Å². The lowest BCUT2D eigenvalue weighted by Crippen LogP contribution is -2.76. The van der Waals surface area contributed by atoms with Crippen molar-refractivity contribution >= 4 is 30.7 Å². The predicted molar refractivity (Wildman–Crippen MR) is 109 cm³/mol. The van der Waals surface area contributed by atoms with E-state index in [0.717, 1.165) is 45.5 Å². The highest BCUT2D eigenvalue weighted by Gasteiger charge is 2.63. The van der Waals surface area contributed by atoms with E-state index in [9.17, 15) is 4.79 Å². The number of nitrogens with one attached hydrogen (secondary N) is 1. The summed E-state index contributed by atoms with van der Waals surface area (Å²) in [4.78, 5) is 15.2. The highest BCUT2D eigenvalue weighted by molar-refractivity contribution is 5.89. The molecule has 0 aromatic heterocycles. The Balaban J connectivity index is 0.00000312. The number of nitrogens with zero attached hydrogens (tertiary/aromatic N) is 1. The molecule has 3 N–H and O–H groups in total. The smallest absolute Gasteiger partial charge is 0.241 e. The summed E-state index contributed by atoms with van der Waals surface area (Å²) in [6, 6.07) is 0.235. The van der Waals surface area contributed by atoms with Crippen LogP contribution in [0, 0.1) is 5.41 Å². The summed E-state index contributed by atoms with van der Waals surface area (Å²) in [7, 11) is 1.74. The maximum Gasteiger partial charge on any atom is 0.241 e. The van der Waals surface area contributed by atoms with Crippen LogP contribution >= 0.6 is 24.8 Å². The predicted octanol–water partition coefficient (Wildman–Crippen LogP) is 1.98. The second-order valence-corrected chi connectivity index (χ2v) is 7.78. The van der Waals surface area contributed by atoms with Gasteiger partial charge in [0.15, 0.2) is 0 Å². The number of hydrogen-bond donors (Lipinski definition) is 2. The second kappa shape index (κ2) is 11.0. The van der Waals surface area contributed by atoms with E-state index in [1.807, 2.05) is 20.8 Å². The van der Waals surface area contributed by atoms with Gasteiger partial charge in [0.05, 0.1) is 6.10 Å². The fourth-order valence-corrected chi connectivity index (χ4v) is 3.87. The highest BCUT2D eigenvalue weighted by Crippen LogP contribution is 2.49. The van der Waals surface area contributed by atoms with Crippen molar-refractivity contribution in [1.29, 1.82) is 0 Å². The third kappa shape index (κ3) is 5.46. The van der Waals surface area contributed by atoms with Crippen molar-refractivity contribution < 1.29 is 14.3 Å². The van der Waals surface area contributed by atoms with Gasteiger partial charge in [-0.25, -0.2) is 0 Å². The minimum Gasteiger partial charge on any atom is -0.385 e. The molecule has 0 bridgehead atoms. The molecule has 8 heteroatoms. The lowest BCUT2D eigenvalue weighted by atomic mass is 9.54. The highest BCUT2D eigenvalue weighted by atomic mass is 35.5. The zero-order valence-electron chi connectivity index (χ0n) is 16.6. The average Bonchev–Trinajstić information content (AvgIpc) is 2.56. The number of amides is 1. The molecule has 2 unspecified atom stereocenters. The van der Waals surface area contributed by atoms with Crippen molar-refractivity contribution in [2.75, 3.05) is 40.0 Å². The third-order valence-electron chi connectivity index (χ3n) is 5.98. The monoisotopic (exact) mass is 413 g/mol. The molecule has 1 saturated carbocycles. The van der Waals surface area contributed by atoms with E-state index in [4.69, 9.17) is 15.2 Å². The van der Waals surface area contributed by atoms with E-state index in [2.05, 4.69) is 10.2 Å². The molecule has 1 aliphatic heterocycles. The molecule has 2 aliphatic rings. The third-order valence-corrected chi connectivity index (χ3v) is 5.98. The number of rotatable bonds is 8. The molecular weight excluding hydrogens is 377 g/mol. The van der Waals surface area contributed by atoms with E-state index >= 15 is 0 Å². The molecule has 1 heterocycles. The number of carbonyl (C=O) groups excluding carboxylic acids is 1. The van der Waals surface area contributed by atoms with Crippen molar-refractivity contribution in [1.82, 2.24) is 10.2 Å². The number of hydrogen-bond acceptors (Lipinski definition) is 5. The molecule has 2 atom stereocenters. The van der Waals surface area contributed by atoms with E-state index in [0.29, 0.717) is 13.0 Å². The van der Waals surface area contributed by atoms with Crippen LogP contribution in [0.25, 0.3) is 0 Å². The van der Waals surface area contributed by atoms with Gasteiger partial charge in [-0.1, -0.05) is 13.8 Å². The van der Waals surface area contributed by atoms with E-state index in [-0.39, 0.29) is 48.3 Å². The SMILES string of the molecule is CCOC1CC(N)(C(=O)NC2CCN(CCCOC)CC2)C1(C)C.Cl.Cl. The average molecular weight is 414 g/mol. The summed E-state index contributed by atoms with van der Waals surface area (Å²) >= 11 is 0. The summed E-state index contributed by atoms with van der Waals surface area (Å²) in [5.74, 6) is -0.0127. The van der Waals surface area contributed by atoms with E-state index in [1.54, 1.807) is 7.11 Å². The Hall–Kier alpha value is -0.110. The Kier molecular flexibility index (Phi) is 11.0. The number of likely N-dealkylation sites (tertiary alicyclic amines) is 1. The molecule has 2 rings (SSSR count). The van der Waals surface area contributed by atoms with Crippen molar-refractivity contribution in [3.05, 3.63) is 0 Å². The number of carbonyl (C=O) groups is 1. The first-order chi connectivity index (χ1) is 11.3. The Morgan fingerprint density at radius 3 is 2.38 bits per heavy atom. The molecule has 6 nitrogen and oxygen atoms in total. The first-order valence-corrected chi connectivity index (χ1v) is 9.28. The number of ether oxygens (including phenoxy) is 2. The summed E-state index contributed by atoms with van der Waals surface area (Å²) in [6.45, 7) is 10.6. The fourth-order valence-electron chi connectivity index (χ4n) is 3.87. The molecule has 1 aliphatic carbocycles. The standard InChI is InChI=1S/C18H35N3O3.2ClH/c1-5-24-15-13-18(19,17(15,2)3)16(22)20-14-7-10-21(11-8-14)9-6-12-23-4;;/h14-15H,5-13,19H2,1-4H3,(H,20,22);2*1H. The van der Waals surface area contributed by atoms with Crippen LogP contribution in [0.3, 0.4) is 0 Å². The van der Waals surface area contributed by atoms with Crippen molar-refractivity contribution in [3.8, 4) is 0 Å². The molecule has 0 spiro atoms. The Bertz CT molecular complexity index is 432. The van der Waals surface area contributed by atoms with Crippen molar-refractivity contribution in [2.24, 2.45) is 11.1 Å². The minimum atomic E-state index is -0.817. The van der Waals surface area contributed by atoms with Gasteiger partial charge < -0.3 is 25.4 Å². The van der Waals surface area contributed by atoms with Crippen LogP contribution in [-0.2, 0) is 14.3 Å². The van der Waals surface area contributed by atoms with Gasteiger partial charge in [-0.15, -0.1) is 24.8 Å². The van der Waals surface area contributed by atoms with Crippen LogP contribution in [0.15, 0.2) is 0 Å². The molecule has 0 radical (unpaired) electrons. The Morgan fingerprint density at radius 2 is 1.88 bits per heavy atom. The first kappa shape index (κ1) is 25.9. The molecule has 0 aromatic rings. The molecule has 156 valence electrons. The van der Waals surface area contributed by atoms with Crippen molar-refractivity contribution in [2.45, 2.75) is 64.1 Å². The van der Waals surface area contributed by atoms with Crippen LogP contribution in [0.1, 0.15) is 46.5 Å². The topological polar surface area (TPSA) is 76.8 Å². The lowest BCUT2D eigenvalue weighted by Gasteiger charge is -2.57. The van der Waals surface area contributed by atoms with Gasteiger partial charge in [0.25, 0.3) is 0 Å². The Labute approximate surface area is 170 Å². The van der Waals surface area contributed by atoms with Gasteiger partial charge in [-0.2, -0.15) is 0 Å². The number of piperidine rings is 1. The maximum absolute atomic E-state index is 12.8. The van der Waals surface area contributed by atoms with Crippen LogP contribution in [0.5, 0.6) is 0 Å². The van der Waals surface area contributed by atoms with Crippen LogP contribution in [0.4, 0.5) is 0 Å². The zero-order valence-corrected chi connectivity index (χ0v) is 18.2. The summed E-state index contributed by atoms with van der Waals surface area (Å²) in [6.07, 6.45) is 3.72. The lowest BCUT2D eigenvalue weighted by molar-refractivity contribution is -0.171. The van der Waals surface area contributed by atoms with E-state index in [1.165, 1.54) is 0 Å². The number of nitrogens with two attached hydrogens (primary N) is 1. The van der Waals surface area contributed by atoms with Gasteiger partial charge in [-0.05, 0) is 26.2 Å². The molecule has 26 heavy (non-hydrogen) atoms. The van der Waals surface area contributed by atoms with Gasteiger partial charge in [0.1, 0.15) is 5.54 Å². The number of methoxy groups -OCH3 is 1. The summed E-state index contributed by atoms with van der Waals surface area (Å²) < 4.78 is 10.8. The molecule has 0 aromatic carbocycles. The summed E-state index contributed by atoms with van der Waals surface area (Å²) in [5, 5.41) is 3.20. The quantitative estimate of drug-likeness (QED) is 0.594. The number of halogens is 2. The normalized spacial score (nSPS) is 28.4. The fraction of sp³-hybridized carbons (Fsp3) is 0.944. The van der Waals surface area contributed by atoms with Crippen LogP contribution in [0.2, 0.25) is 0 Å². The second-order valence-electron chi connectivity index (χ2n) is 7.78. The maximum atomic E-state index is 12.8. The first-order valence-electron chi connectivity index (χ1n) is 9.28. The zero-order chi connectivity index (χ0) is 17.8. The molecule has 1 saturated heterocycles. The van der Waals surface area contributed by atoms with Crippen LogP contribution < -0.4 is 11.1 Å². The summed E-state index contributed by atoms with van der Waals surface area (Å²) in [5.41, 5.74) is 5.31.